The maximum absolute atomic E-state index is 4.70. The number of nitrogens with zero attached hydrogens (tertiary/aromatic N) is 5. The number of allylic oxidation sites excluding steroid dienone is 1. The molecule has 0 aliphatic carbocycles. The Labute approximate surface area is 168 Å². The van der Waals surface area contributed by atoms with Crippen LogP contribution < -0.4 is 10.7 Å². The van der Waals surface area contributed by atoms with Gasteiger partial charge < -0.3 is 5.32 Å². The quantitative estimate of drug-likeness (QED) is 0.336. The van der Waals surface area contributed by atoms with Gasteiger partial charge in [-0.05, 0) is 46.2 Å². The van der Waals surface area contributed by atoms with Crippen molar-refractivity contribution in [3.05, 3.63) is 70.7 Å². The first-order chi connectivity index (χ1) is 13.8. The van der Waals surface area contributed by atoms with Gasteiger partial charge in [-0.3, -0.25) is 5.43 Å². The molecule has 2 heterocycles. The van der Waals surface area contributed by atoms with E-state index in [1.54, 1.807) is 6.21 Å². The van der Waals surface area contributed by atoms with Crippen LogP contribution in [0, 0.1) is 0 Å². The van der Waals surface area contributed by atoms with Crippen LogP contribution in [-0.2, 0) is 0 Å². The van der Waals surface area contributed by atoms with Gasteiger partial charge in [-0.1, -0.05) is 52.3 Å². The number of hydrogen-bond donors (Lipinski definition) is 2. The van der Waals surface area contributed by atoms with Crippen LogP contribution in [0.2, 0.25) is 0 Å². The average Bonchev–Trinajstić information content (AvgIpc) is 3.17. The zero-order valence-electron chi connectivity index (χ0n) is 14.5. The van der Waals surface area contributed by atoms with E-state index in [9.17, 15) is 0 Å². The standard InChI is InChI=1S/C19H14BrN7O/c20-14-8-10-15(11-9-14)22-16-17(24-19-18(23-16)26-28-27-19)25-21-12-4-7-13-5-2-1-3-6-13/h1-12H,(H,22,23,26)(H,24,25,27)/b7-4+,21-12+. The van der Waals surface area contributed by atoms with Crippen molar-refractivity contribution in [1.29, 1.82) is 0 Å². The molecule has 0 saturated heterocycles. The lowest BCUT2D eigenvalue weighted by Crippen LogP contribution is -2.02. The van der Waals surface area contributed by atoms with E-state index in [0.29, 0.717) is 22.9 Å². The summed E-state index contributed by atoms with van der Waals surface area (Å²) in [5.74, 6) is 0.852. The summed E-state index contributed by atoms with van der Waals surface area (Å²) in [5, 5.41) is 14.8. The summed E-state index contributed by atoms with van der Waals surface area (Å²) in [4.78, 5) is 8.75. The Kier molecular flexibility index (Phi) is 5.34. The molecular weight excluding hydrogens is 422 g/mol. The Morgan fingerprint density at radius 1 is 0.893 bits per heavy atom. The lowest BCUT2D eigenvalue weighted by molar-refractivity contribution is 0.314. The van der Waals surface area contributed by atoms with Gasteiger partial charge in [0.2, 0.25) is 11.3 Å². The topological polar surface area (TPSA) is 101 Å². The number of hydrazone groups is 1. The summed E-state index contributed by atoms with van der Waals surface area (Å²) in [5.41, 5.74) is 5.39. The number of benzene rings is 2. The van der Waals surface area contributed by atoms with E-state index < -0.39 is 0 Å². The monoisotopic (exact) mass is 435 g/mol. The van der Waals surface area contributed by atoms with Crippen molar-refractivity contribution in [2.45, 2.75) is 0 Å². The molecule has 0 amide bonds. The van der Waals surface area contributed by atoms with Gasteiger partial charge in [-0.15, -0.1) is 0 Å². The second-order valence-corrected chi connectivity index (χ2v) is 6.54. The van der Waals surface area contributed by atoms with Gasteiger partial charge in [0.25, 0.3) is 0 Å². The third-order valence-electron chi connectivity index (χ3n) is 3.64. The highest BCUT2D eigenvalue weighted by Crippen LogP contribution is 2.24. The molecule has 0 aliphatic heterocycles. The maximum atomic E-state index is 4.70. The molecule has 28 heavy (non-hydrogen) atoms. The summed E-state index contributed by atoms with van der Waals surface area (Å²) in [6, 6.07) is 17.6. The van der Waals surface area contributed by atoms with Crippen LogP contribution in [0.15, 0.2) is 74.9 Å². The van der Waals surface area contributed by atoms with Crippen molar-refractivity contribution in [1.82, 2.24) is 20.3 Å². The first-order valence-corrected chi connectivity index (χ1v) is 9.11. The molecule has 0 saturated carbocycles. The third kappa shape index (κ3) is 4.38. The molecule has 0 bridgehead atoms. The molecule has 0 spiro atoms. The third-order valence-corrected chi connectivity index (χ3v) is 4.17. The van der Waals surface area contributed by atoms with Crippen LogP contribution in [0.3, 0.4) is 0 Å². The summed E-state index contributed by atoms with van der Waals surface area (Å²) < 4.78 is 5.68. The number of aromatic nitrogens is 4. The molecule has 138 valence electrons. The molecule has 8 nitrogen and oxygen atoms in total. The van der Waals surface area contributed by atoms with Crippen molar-refractivity contribution < 1.29 is 4.63 Å². The van der Waals surface area contributed by atoms with E-state index in [2.05, 4.69) is 52.1 Å². The summed E-state index contributed by atoms with van der Waals surface area (Å²) in [7, 11) is 0. The largest absolute Gasteiger partial charge is 0.337 e. The number of anilines is 3. The molecule has 2 N–H and O–H groups in total. The fraction of sp³-hybridized carbons (Fsp3) is 0. The number of nitrogens with one attached hydrogen (secondary N) is 2. The Balaban J connectivity index is 1.53. The number of hydrogen-bond acceptors (Lipinski definition) is 8. The predicted octanol–water partition coefficient (Wildman–Crippen LogP) is 4.63. The molecule has 0 radical (unpaired) electrons. The van der Waals surface area contributed by atoms with E-state index >= 15 is 0 Å². The van der Waals surface area contributed by atoms with Crippen molar-refractivity contribution in [2.75, 3.05) is 10.7 Å². The van der Waals surface area contributed by atoms with Crippen LogP contribution in [0.25, 0.3) is 17.4 Å². The van der Waals surface area contributed by atoms with Gasteiger partial charge >= 0.3 is 0 Å². The second kappa shape index (κ2) is 8.40. The van der Waals surface area contributed by atoms with Crippen molar-refractivity contribution in [3.63, 3.8) is 0 Å². The van der Waals surface area contributed by atoms with E-state index in [-0.39, 0.29) is 0 Å². The molecule has 4 rings (SSSR count). The van der Waals surface area contributed by atoms with Gasteiger partial charge in [-0.2, -0.15) is 10.1 Å². The first kappa shape index (κ1) is 17.8. The van der Waals surface area contributed by atoms with Crippen molar-refractivity contribution >= 4 is 56.8 Å². The van der Waals surface area contributed by atoms with Gasteiger partial charge in [0, 0.05) is 16.4 Å². The van der Waals surface area contributed by atoms with Gasteiger partial charge in [0.15, 0.2) is 11.6 Å². The average molecular weight is 436 g/mol. The van der Waals surface area contributed by atoms with E-state index in [1.807, 2.05) is 66.7 Å². The minimum atomic E-state index is 0.291. The highest BCUT2D eigenvalue weighted by Gasteiger charge is 2.12. The van der Waals surface area contributed by atoms with Crippen LogP contribution in [-0.4, -0.2) is 26.5 Å². The fourth-order valence-corrected chi connectivity index (χ4v) is 2.60. The Morgan fingerprint density at radius 2 is 1.61 bits per heavy atom. The van der Waals surface area contributed by atoms with Crippen LogP contribution in [0.1, 0.15) is 5.56 Å². The maximum Gasteiger partial charge on any atom is 0.245 e. The van der Waals surface area contributed by atoms with E-state index in [1.165, 1.54) is 0 Å². The van der Waals surface area contributed by atoms with Crippen LogP contribution in [0.4, 0.5) is 17.3 Å². The summed E-state index contributed by atoms with van der Waals surface area (Å²) in [6.07, 6.45) is 5.40. The molecule has 0 fully saturated rings. The first-order valence-electron chi connectivity index (χ1n) is 8.31. The van der Waals surface area contributed by atoms with Gasteiger partial charge in [0.05, 0.1) is 0 Å². The van der Waals surface area contributed by atoms with Crippen LogP contribution >= 0.6 is 15.9 Å². The minimum absolute atomic E-state index is 0.291. The Morgan fingerprint density at radius 3 is 2.36 bits per heavy atom. The smallest absolute Gasteiger partial charge is 0.245 e. The number of fused-ring (bicyclic) bond motifs is 1. The van der Waals surface area contributed by atoms with Crippen LogP contribution in [0.5, 0.6) is 0 Å². The molecule has 0 atom stereocenters. The Hall–Kier alpha value is -3.59. The number of halogens is 1. The molecule has 4 aromatic rings. The zero-order chi connectivity index (χ0) is 19.2. The minimum Gasteiger partial charge on any atom is -0.337 e. The molecule has 2 aromatic carbocycles. The highest BCUT2D eigenvalue weighted by atomic mass is 79.9. The summed E-state index contributed by atoms with van der Waals surface area (Å²) >= 11 is 3.41. The van der Waals surface area contributed by atoms with Crippen molar-refractivity contribution in [2.24, 2.45) is 5.10 Å². The highest BCUT2D eigenvalue weighted by molar-refractivity contribution is 9.10. The van der Waals surface area contributed by atoms with Gasteiger partial charge in [-0.25, -0.2) is 9.61 Å². The van der Waals surface area contributed by atoms with Gasteiger partial charge in [0.1, 0.15) is 0 Å². The lowest BCUT2D eigenvalue weighted by Gasteiger charge is -2.09. The van der Waals surface area contributed by atoms with E-state index in [0.717, 1.165) is 15.7 Å². The Bertz CT molecular complexity index is 1120. The molecule has 2 aromatic heterocycles. The molecule has 9 heteroatoms. The SMILES string of the molecule is Brc1ccc(Nc2nc3nonc3nc2N/N=C/C=C/c2ccccc2)cc1. The number of rotatable bonds is 6. The normalized spacial score (nSPS) is 11.5. The zero-order valence-corrected chi connectivity index (χ0v) is 16.0. The summed E-state index contributed by atoms with van der Waals surface area (Å²) in [6.45, 7) is 0. The van der Waals surface area contributed by atoms with Crippen molar-refractivity contribution in [3.8, 4) is 0 Å². The fourth-order valence-electron chi connectivity index (χ4n) is 2.33. The molecule has 0 unspecified atom stereocenters. The van der Waals surface area contributed by atoms with E-state index in [4.69, 9.17) is 4.63 Å². The lowest BCUT2D eigenvalue weighted by atomic mass is 10.2. The molecular formula is C19H14BrN7O. The second-order valence-electron chi connectivity index (χ2n) is 5.62. The molecule has 0 aliphatic rings. The predicted molar refractivity (Wildman–Crippen MR) is 112 cm³/mol.